The molecule has 4 nitrogen and oxygen atoms in total. The van der Waals surface area contributed by atoms with Crippen LogP contribution in [0.15, 0.2) is 53.0 Å². The van der Waals surface area contributed by atoms with E-state index in [1.54, 1.807) is 6.08 Å². The van der Waals surface area contributed by atoms with Gasteiger partial charge in [0.2, 0.25) is 5.91 Å². The highest BCUT2D eigenvalue weighted by Gasteiger charge is 2.09. The Balaban J connectivity index is 2.07. The van der Waals surface area contributed by atoms with Crippen molar-refractivity contribution in [3.8, 4) is 0 Å². The van der Waals surface area contributed by atoms with E-state index < -0.39 is 17.6 Å². The first-order chi connectivity index (χ1) is 10.5. The van der Waals surface area contributed by atoms with Gasteiger partial charge in [-0.2, -0.15) is 0 Å². The lowest BCUT2D eigenvalue weighted by atomic mass is 10.1. The van der Waals surface area contributed by atoms with Gasteiger partial charge < -0.3 is 11.1 Å². The highest BCUT2D eigenvalue weighted by atomic mass is 79.9. The molecule has 2 aromatic carbocycles. The van der Waals surface area contributed by atoms with Crippen molar-refractivity contribution in [2.24, 2.45) is 5.73 Å². The molecule has 0 heterocycles. The van der Waals surface area contributed by atoms with Crippen LogP contribution in [0.1, 0.15) is 15.9 Å². The molecule has 0 aromatic heterocycles. The maximum absolute atomic E-state index is 13.3. The number of rotatable bonds is 4. The zero-order valence-corrected chi connectivity index (χ0v) is 12.9. The Morgan fingerprint density at radius 1 is 1.14 bits per heavy atom. The van der Waals surface area contributed by atoms with E-state index in [-0.39, 0.29) is 5.56 Å². The maximum atomic E-state index is 13.3. The van der Waals surface area contributed by atoms with Crippen LogP contribution in [0, 0.1) is 5.82 Å². The third-order valence-corrected chi connectivity index (χ3v) is 3.33. The summed E-state index contributed by atoms with van der Waals surface area (Å²) in [5.41, 5.74) is 5.93. The van der Waals surface area contributed by atoms with Crippen LogP contribution < -0.4 is 11.1 Å². The number of amides is 2. The number of carbonyl (C=O) groups is 2. The molecule has 0 fully saturated rings. The molecule has 0 bridgehead atoms. The van der Waals surface area contributed by atoms with Crippen LogP contribution in [0.5, 0.6) is 0 Å². The van der Waals surface area contributed by atoms with Gasteiger partial charge in [-0.15, -0.1) is 0 Å². The lowest BCUT2D eigenvalue weighted by Gasteiger charge is -2.04. The first-order valence-electron chi connectivity index (χ1n) is 6.29. The van der Waals surface area contributed by atoms with Gasteiger partial charge in [0, 0.05) is 16.2 Å². The number of carbonyl (C=O) groups excluding carboxylic acids is 2. The van der Waals surface area contributed by atoms with Crippen LogP contribution in [0.3, 0.4) is 0 Å². The molecule has 0 unspecified atom stereocenters. The lowest BCUT2D eigenvalue weighted by molar-refractivity contribution is -0.111. The van der Waals surface area contributed by atoms with E-state index in [2.05, 4.69) is 21.2 Å². The Morgan fingerprint density at radius 2 is 1.82 bits per heavy atom. The molecule has 2 aromatic rings. The fourth-order valence-corrected chi connectivity index (χ4v) is 1.99. The third kappa shape index (κ3) is 4.26. The van der Waals surface area contributed by atoms with Crippen molar-refractivity contribution < 1.29 is 14.0 Å². The summed E-state index contributed by atoms with van der Waals surface area (Å²) in [6.45, 7) is 0. The molecule has 0 aliphatic carbocycles. The number of hydrogen-bond donors (Lipinski definition) is 2. The fourth-order valence-electron chi connectivity index (χ4n) is 1.72. The Bertz CT molecular complexity index is 742. The highest BCUT2D eigenvalue weighted by Crippen LogP contribution is 2.15. The molecule has 2 amide bonds. The van der Waals surface area contributed by atoms with Gasteiger partial charge in [0.1, 0.15) is 5.82 Å². The highest BCUT2D eigenvalue weighted by molar-refractivity contribution is 9.10. The van der Waals surface area contributed by atoms with Crippen molar-refractivity contribution in [3.05, 3.63) is 70.0 Å². The van der Waals surface area contributed by atoms with Gasteiger partial charge in [-0.3, -0.25) is 9.59 Å². The molecule has 0 saturated carbocycles. The molecule has 6 heteroatoms. The predicted octanol–water partition coefficient (Wildman–Crippen LogP) is 3.34. The zero-order chi connectivity index (χ0) is 16.1. The van der Waals surface area contributed by atoms with Crippen LogP contribution in [-0.4, -0.2) is 11.8 Å². The summed E-state index contributed by atoms with van der Waals surface area (Å²) in [7, 11) is 0. The molecule has 112 valence electrons. The minimum Gasteiger partial charge on any atom is -0.366 e. The smallest absolute Gasteiger partial charge is 0.251 e. The normalized spacial score (nSPS) is 10.6. The van der Waals surface area contributed by atoms with E-state index in [9.17, 15) is 14.0 Å². The fraction of sp³-hybridized carbons (Fsp3) is 0. The van der Waals surface area contributed by atoms with E-state index in [1.807, 2.05) is 24.3 Å². The molecule has 3 N–H and O–H groups in total. The van der Waals surface area contributed by atoms with E-state index in [4.69, 9.17) is 5.73 Å². The largest absolute Gasteiger partial charge is 0.366 e. The van der Waals surface area contributed by atoms with Crippen molar-refractivity contribution in [2.75, 3.05) is 5.32 Å². The minimum absolute atomic E-state index is 0.269. The molecule has 0 spiro atoms. The molecule has 0 atom stereocenters. The number of halogens is 2. The number of primary amides is 1. The second kappa shape index (κ2) is 7.00. The second-order valence-electron chi connectivity index (χ2n) is 4.43. The monoisotopic (exact) mass is 362 g/mol. The summed E-state index contributed by atoms with van der Waals surface area (Å²) in [6.07, 6.45) is 2.98. The molecular weight excluding hydrogens is 351 g/mol. The van der Waals surface area contributed by atoms with E-state index >= 15 is 0 Å². The third-order valence-electron chi connectivity index (χ3n) is 2.80. The minimum atomic E-state index is -0.890. The molecule has 0 saturated heterocycles. The van der Waals surface area contributed by atoms with Crippen molar-refractivity contribution in [3.63, 3.8) is 0 Å². The number of benzene rings is 2. The van der Waals surface area contributed by atoms with Crippen LogP contribution in [0.4, 0.5) is 10.1 Å². The Kier molecular flexibility index (Phi) is 5.06. The van der Waals surface area contributed by atoms with Crippen LogP contribution in [0.2, 0.25) is 0 Å². The topological polar surface area (TPSA) is 72.2 Å². The lowest BCUT2D eigenvalue weighted by Crippen LogP contribution is -2.14. The standard InChI is InChI=1S/C16H12BrFN2O2/c17-11-4-1-10(2-5-11)3-8-15(21)20-12-6-7-14(18)13(9-12)16(19)22/h1-9H,(H2,19,22)(H,20,21)/b8-3+. The van der Waals surface area contributed by atoms with Gasteiger partial charge in [-0.25, -0.2) is 4.39 Å². The van der Waals surface area contributed by atoms with Gasteiger partial charge in [0.15, 0.2) is 0 Å². The number of anilines is 1. The van der Waals surface area contributed by atoms with Crippen LogP contribution in [0.25, 0.3) is 6.08 Å². The predicted molar refractivity (Wildman–Crippen MR) is 86.7 cm³/mol. The average Bonchev–Trinajstić information content (AvgIpc) is 2.48. The number of hydrogen-bond acceptors (Lipinski definition) is 2. The summed E-state index contributed by atoms with van der Waals surface area (Å²) in [6, 6.07) is 11.0. The Labute approximate surface area is 135 Å². The summed E-state index contributed by atoms with van der Waals surface area (Å²) >= 11 is 3.32. The van der Waals surface area contributed by atoms with E-state index in [1.165, 1.54) is 18.2 Å². The summed E-state index contributed by atoms with van der Waals surface area (Å²) in [5.74, 6) is -2.01. The molecule has 2 rings (SSSR count). The van der Waals surface area contributed by atoms with Gasteiger partial charge in [0.25, 0.3) is 5.91 Å². The van der Waals surface area contributed by atoms with Gasteiger partial charge in [-0.1, -0.05) is 28.1 Å². The summed E-state index contributed by atoms with van der Waals surface area (Å²) < 4.78 is 14.3. The van der Waals surface area contributed by atoms with Crippen LogP contribution >= 0.6 is 15.9 Å². The van der Waals surface area contributed by atoms with Gasteiger partial charge in [0.05, 0.1) is 5.56 Å². The van der Waals surface area contributed by atoms with Gasteiger partial charge >= 0.3 is 0 Å². The Morgan fingerprint density at radius 3 is 2.45 bits per heavy atom. The SMILES string of the molecule is NC(=O)c1cc(NC(=O)/C=C/c2ccc(Br)cc2)ccc1F. The van der Waals surface area contributed by atoms with Crippen molar-refractivity contribution in [2.45, 2.75) is 0 Å². The van der Waals surface area contributed by atoms with E-state index in [0.29, 0.717) is 5.69 Å². The molecule has 0 aliphatic heterocycles. The average molecular weight is 363 g/mol. The van der Waals surface area contributed by atoms with Crippen LogP contribution in [-0.2, 0) is 4.79 Å². The first kappa shape index (κ1) is 15.9. The number of nitrogens with two attached hydrogens (primary N) is 1. The van der Waals surface area contributed by atoms with E-state index in [0.717, 1.165) is 16.1 Å². The van der Waals surface area contributed by atoms with Crippen molar-refractivity contribution in [1.82, 2.24) is 0 Å². The molecule has 22 heavy (non-hydrogen) atoms. The van der Waals surface area contributed by atoms with Crippen molar-refractivity contribution in [1.29, 1.82) is 0 Å². The Hall–Kier alpha value is -2.47. The summed E-state index contributed by atoms with van der Waals surface area (Å²) in [4.78, 5) is 22.9. The summed E-state index contributed by atoms with van der Waals surface area (Å²) in [5, 5.41) is 2.54. The maximum Gasteiger partial charge on any atom is 0.251 e. The molecule has 0 radical (unpaired) electrons. The molecular formula is C16H12BrFN2O2. The second-order valence-corrected chi connectivity index (χ2v) is 5.35. The first-order valence-corrected chi connectivity index (χ1v) is 7.09. The zero-order valence-electron chi connectivity index (χ0n) is 11.3. The molecule has 0 aliphatic rings. The van der Waals surface area contributed by atoms with Crippen molar-refractivity contribution >= 4 is 39.5 Å². The van der Waals surface area contributed by atoms with Gasteiger partial charge in [-0.05, 0) is 42.0 Å². The quantitative estimate of drug-likeness (QED) is 0.818. The number of nitrogens with one attached hydrogen (secondary N) is 1.